The minimum Gasteiger partial charge on any atom is -0.496 e. The highest BCUT2D eigenvalue weighted by atomic mass is 16.5. The van der Waals surface area contributed by atoms with Crippen molar-refractivity contribution in [2.45, 2.75) is 38.8 Å². The average Bonchev–Trinajstić information content (AvgIpc) is 3.31. The van der Waals surface area contributed by atoms with Crippen LogP contribution in [0.5, 0.6) is 5.75 Å². The van der Waals surface area contributed by atoms with E-state index in [-0.39, 0.29) is 11.9 Å². The number of primary amides is 1. The summed E-state index contributed by atoms with van der Waals surface area (Å²) in [5.41, 5.74) is 7.64. The van der Waals surface area contributed by atoms with Crippen molar-refractivity contribution in [2.24, 2.45) is 5.73 Å². The summed E-state index contributed by atoms with van der Waals surface area (Å²) in [5, 5.41) is 4.25. The van der Waals surface area contributed by atoms with Gasteiger partial charge >= 0.3 is 0 Å². The number of ether oxygens (including phenoxy) is 1. The third-order valence-corrected chi connectivity index (χ3v) is 5.74. The molecular weight excluding hydrogens is 408 g/mol. The normalized spacial score (nSPS) is 16.1. The van der Waals surface area contributed by atoms with Crippen molar-refractivity contribution in [2.75, 3.05) is 13.7 Å². The molecule has 0 spiro atoms. The van der Waals surface area contributed by atoms with E-state index in [1.54, 1.807) is 31.0 Å². The van der Waals surface area contributed by atoms with Crippen molar-refractivity contribution in [1.82, 2.24) is 24.6 Å². The number of carbonyl (C=O) groups excluding carboxylic acids is 2. The lowest BCUT2D eigenvalue weighted by molar-refractivity contribution is 0.0599. The van der Waals surface area contributed by atoms with Gasteiger partial charge < -0.3 is 15.4 Å². The molecule has 4 rings (SSSR count). The minimum absolute atomic E-state index is 0.0840. The fourth-order valence-electron chi connectivity index (χ4n) is 4.10. The molecule has 2 N–H and O–H groups in total. The summed E-state index contributed by atoms with van der Waals surface area (Å²) in [7, 11) is 1.61. The van der Waals surface area contributed by atoms with Gasteiger partial charge in [-0.2, -0.15) is 5.10 Å². The average molecular weight is 435 g/mol. The van der Waals surface area contributed by atoms with Crippen LogP contribution in [-0.4, -0.2) is 50.1 Å². The first-order valence-corrected chi connectivity index (χ1v) is 10.6. The molecule has 0 aliphatic carbocycles. The smallest absolute Gasteiger partial charge is 0.254 e. The largest absolute Gasteiger partial charge is 0.496 e. The van der Waals surface area contributed by atoms with Crippen LogP contribution in [0, 0.1) is 6.92 Å². The molecule has 0 unspecified atom stereocenters. The van der Waals surface area contributed by atoms with Gasteiger partial charge in [0.05, 0.1) is 31.0 Å². The zero-order valence-electron chi connectivity index (χ0n) is 18.2. The van der Waals surface area contributed by atoms with Gasteiger partial charge in [-0.15, -0.1) is 0 Å². The molecular formula is C23H26N6O3. The van der Waals surface area contributed by atoms with E-state index in [1.807, 2.05) is 29.3 Å². The second kappa shape index (κ2) is 9.17. The van der Waals surface area contributed by atoms with E-state index < -0.39 is 5.91 Å². The molecule has 1 aliphatic heterocycles. The van der Waals surface area contributed by atoms with Gasteiger partial charge in [0.2, 0.25) is 0 Å². The number of piperidine rings is 1. The predicted octanol–water partition coefficient (Wildman–Crippen LogP) is 2.50. The van der Waals surface area contributed by atoms with Gasteiger partial charge in [-0.1, -0.05) is 0 Å². The van der Waals surface area contributed by atoms with Crippen molar-refractivity contribution in [3.05, 3.63) is 71.1 Å². The van der Waals surface area contributed by atoms with Crippen LogP contribution in [0.1, 0.15) is 63.1 Å². The van der Waals surface area contributed by atoms with Crippen LogP contribution in [-0.2, 0) is 6.54 Å². The number of aryl methyl sites for hydroxylation is 1. The highest BCUT2D eigenvalue weighted by Crippen LogP contribution is 2.31. The Morgan fingerprint density at radius 2 is 2.12 bits per heavy atom. The molecule has 1 fully saturated rings. The highest BCUT2D eigenvalue weighted by molar-refractivity contribution is 5.95. The van der Waals surface area contributed by atoms with Crippen LogP contribution in [0.4, 0.5) is 0 Å². The lowest BCUT2D eigenvalue weighted by Gasteiger charge is -2.35. The Kier molecular flexibility index (Phi) is 6.16. The van der Waals surface area contributed by atoms with E-state index in [4.69, 9.17) is 10.5 Å². The standard InChI is InChI=1S/C23H26N6O3/c1-15-18(21(24)30)13-25-22(27-15)19-6-3-4-11-29(19)23(31)16-7-8-20(32-2)17(12-16)14-28-10-5-9-26-28/h5,7-10,12-13,19H,3-4,6,11,14H2,1-2H3,(H2,24,30)/t19-/m0/s1. The minimum atomic E-state index is -0.562. The van der Waals surface area contributed by atoms with Crippen molar-refractivity contribution >= 4 is 11.8 Å². The van der Waals surface area contributed by atoms with Crippen molar-refractivity contribution in [1.29, 1.82) is 0 Å². The molecule has 1 aliphatic rings. The Labute approximate surface area is 186 Å². The van der Waals surface area contributed by atoms with Crippen molar-refractivity contribution in [3.63, 3.8) is 0 Å². The predicted molar refractivity (Wildman–Crippen MR) is 117 cm³/mol. The Hall–Kier alpha value is -3.75. The van der Waals surface area contributed by atoms with Crippen LogP contribution in [0.3, 0.4) is 0 Å². The van der Waals surface area contributed by atoms with Gasteiger partial charge in [0.15, 0.2) is 5.82 Å². The number of likely N-dealkylation sites (tertiary alicyclic amines) is 1. The van der Waals surface area contributed by atoms with Crippen LogP contribution < -0.4 is 10.5 Å². The van der Waals surface area contributed by atoms with E-state index in [2.05, 4.69) is 15.1 Å². The van der Waals surface area contributed by atoms with E-state index in [0.29, 0.717) is 41.5 Å². The zero-order valence-corrected chi connectivity index (χ0v) is 18.2. The number of carbonyl (C=O) groups is 2. The Morgan fingerprint density at radius 3 is 2.81 bits per heavy atom. The lowest BCUT2D eigenvalue weighted by Crippen LogP contribution is -2.39. The van der Waals surface area contributed by atoms with Gasteiger partial charge in [-0.25, -0.2) is 9.97 Å². The van der Waals surface area contributed by atoms with Gasteiger partial charge in [0.1, 0.15) is 5.75 Å². The van der Waals surface area contributed by atoms with E-state index in [1.165, 1.54) is 6.20 Å². The van der Waals surface area contributed by atoms with E-state index >= 15 is 0 Å². The molecule has 32 heavy (non-hydrogen) atoms. The molecule has 3 aromatic rings. The second-order valence-electron chi connectivity index (χ2n) is 7.83. The number of nitrogens with two attached hydrogens (primary N) is 1. The summed E-state index contributed by atoms with van der Waals surface area (Å²) >= 11 is 0. The molecule has 9 heteroatoms. The van der Waals surface area contributed by atoms with Crippen LogP contribution in [0.2, 0.25) is 0 Å². The first-order chi connectivity index (χ1) is 15.5. The maximum Gasteiger partial charge on any atom is 0.254 e. The number of nitrogens with zero attached hydrogens (tertiary/aromatic N) is 5. The highest BCUT2D eigenvalue weighted by Gasteiger charge is 2.31. The first-order valence-electron chi connectivity index (χ1n) is 10.6. The number of amides is 2. The number of benzene rings is 1. The van der Waals surface area contributed by atoms with Gasteiger partial charge in [0, 0.05) is 36.3 Å². The summed E-state index contributed by atoms with van der Waals surface area (Å²) in [6, 6.07) is 7.05. The summed E-state index contributed by atoms with van der Waals surface area (Å²) in [6.07, 6.45) is 7.68. The molecule has 2 aromatic heterocycles. The molecule has 0 radical (unpaired) electrons. The topological polar surface area (TPSA) is 116 Å². The molecule has 166 valence electrons. The molecule has 1 saturated heterocycles. The molecule has 0 bridgehead atoms. The van der Waals surface area contributed by atoms with Crippen LogP contribution in [0.15, 0.2) is 42.9 Å². The van der Waals surface area contributed by atoms with Gasteiger partial charge in [0.25, 0.3) is 11.8 Å². The van der Waals surface area contributed by atoms with Gasteiger partial charge in [-0.05, 0) is 50.5 Å². The monoisotopic (exact) mass is 434 g/mol. The Balaban J connectivity index is 1.63. The maximum absolute atomic E-state index is 13.5. The van der Waals surface area contributed by atoms with Crippen molar-refractivity contribution < 1.29 is 14.3 Å². The number of hydrogen-bond acceptors (Lipinski definition) is 6. The third kappa shape index (κ3) is 4.32. The molecule has 1 atom stereocenters. The van der Waals surface area contributed by atoms with E-state index in [0.717, 1.165) is 24.8 Å². The quantitative estimate of drug-likeness (QED) is 0.637. The SMILES string of the molecule is COc1ccc(C(=O)N2CCCC[C@H]2c2ncc(C(N)=O)c(C)n2)cc1Cn1cccn1. The molecule has 0 saturated carbocycles. The number of rotatable bonds is 6. The zero-order chi connectivity index (χ0) is 22.7. The second-order valence-corrected chi connectivity index (χ2v) is 7.83. The number of hydrogen-bond donors (Lipinski definition) is 1. The number of aromatic nitrogens is 4. The fraction of sp³-hybridized carbons (Fsp3) is 0.348. The summed E-state index contributed by atoms with van der Waals surface area (Å²) in [6.45, 7) is 2.84. The molecule has 2 amide bonds. The fourth-order valence-corrected chi connectivity index (χ4v) is 4.10. The maximum atomic E-state index is 13.5. The summed E-state index contributed by atoms with van der Waals surface area (Å²) in [4.78, 5) is 35.7. The summed E-state index contributed by atoms with van der Waals surface area (Å²) < 4.78 is 7.27. The Morgan fingerprint density at radius 1 is 1.28 bits per heavy atom. The van der Waals surface area contributed by atoms with Crippen molar-refractivity contribution in [3.8, 4) is 5.75 Å². The van der Waals surface area contributed by atoms with Crippen LogP contribution >= 0.6 is 0 Å². The third-order valence-electron chi connectivity index (χ3n) is 5.74. The van der Waals surface area contributed by atoms with Crippen LogP contribution in [0.25, 0.3) is 0 Å². The lowest BCUT2D eigenvalue weighted by atomic mass is 9.99. The van der Waals surface area contributed by atoms with E-state index in [9.17, 15) is 9.59 Å². The molecule has 9 nitrogen and oxygen atoms in total. The Bertz CT molecular complexity index is 1130. The summed E-state index contributed by atoms with van der Waals surface area (Å²) in [5.74, 6) is 0.590. The molecule has 3 heterocycles. The first kappa shape index (κ1) is 21.5. The number of methoxy groups -OCH3 is 1. The van der Waals surface area contributed by atoms with Gasteiger partial charge in [-0.3, -0.25) is 14.3 Å². The molecule has 1 aromatic carbocycles.